The third kappa shape index (κ3) is 6.13. The van der Waals surface area contributed by atoms with Crippen LogP contribution in [0.2, 0.25) is 0 Å². The van der Waals surface area contributed by atoms with Gasteiger partial charge in [-0.25, -0.2) is 0 Å². The molecule has 0 spiro atoms. The molecule has 0 bridgehead atoms. The van der Waals surface area contributed by atoms with E-state index in [9.17, 15) is 13.2 Å². The predicted octanol–water partition coefficient (Wildman–Crippen LogP) is 4.94. The zero-order chi connectivity index (χ0) is 15.2. The summed E-state index contributed by atoms with van der Waals surface area (Å²) < 4.78 is 44.3. The van der Waals surface area contributed by atoms with Gasteiger partial charge in [0.25, 0.3) is 0 Å². The van der Waals surface area contributed by atoms with Crippen molar-refractivity contribution in [3.63, 3.8) is 0 Å². The summed E-state index contributed by atoms with van der Waals surface area (Å²) in [6, 6.07) is 4.07. The third-order valence-corrected chi connectivity index (χ3v) is 3.18. The molecule has 0 fully saturated rings. The zero-order valence-electron chi connectivity index (χ0n) is 11.6. The topological polar surface area (TPSA) is 21.3 Å². The summed E-state index contributed by atoms with van der Waals surface area (Å²) in [5, 5.41) is 2.77. The molecule has 1 rings (SSSR count). The van der Waals surface area contributed by atoms with E-state index in [1.807, 2.05) is 0 Å². The Labute approximate surface area is 125 Å². The molecule has 0 heterocycles. The molecule has 0 saturated carbocycles. The van der Waals surface area contributed by atoms with Gasteiger partial charge in [0, 0.05) is 23.3 Å². The van der Waals surface area contributed by atoms with Crippen molar-refractivity contribution < 1.29 is 17.9 Å². The highest BCUT2D eigenvalue weighted by Gasteiger charge is 2.33. The van der Waals surface area contributed by atoms with E-state index >= 15 is 0 Å². The standard InChI is InChI=1S/C14H19BrF3NO/c1-10(2)5-7-20-8-6-19-13-4-3-11(15)9-12(13)14(16,17)18/h3-4,9-10,19H,5-8H2,1-2H3. The van der Waals surface area contributed by atoms with E-state index in [4.69, 9.17) is 4.74 Å². The van der Waals surface area contributed by atoms with Crippen molar-refractivity contribution >= 4 is 21.6 Å². The van der Waals surface area contributed by atoms with Gasteiger partial charge in [0.15, 0.2) is 0 Å². The van der Waals surface area contributed by atoms with Gasteiger partial charge >= 0.3 is 6.18 Å². The molecular formula is C14H19BrF3NO. The summed E-state index contributed by atoms with van der Waals surface area (Å²) in [6.07, 6.45) is -3.42. The average molecular weight is 354 g/mol. The monoisotopic (exact) mass is 353 g/mol. The molecular weight excluding hydrogens is 335 g/mol. The highest BCUT2D eigenvalue weighted by atomic mass is 79.9. The Balaban J connectivity index is 2.48. The quantitative estimate of drug-likeness (QED) is 0.700. The van der Waals surface area contributed by atoms with Crippen LogP contribution in [0.1, 0.15) is 25.8 Å². The van der Waals surface area contributed by atoms with E-state index in [1.165, 1.54) is 6.07 Å². The number of alkyl halides is 3. The molecule has 0 aliphatic heterocycles. The Kier molecular flexibility index (Phi) is 6.82. The van der Waals surface area contributed by atoms with E-state index in [-0.39, 0.29) is 5.69 Å². The van der Waals surface area contributed by atoms with Gasteiger partial charge in [0.05, 0.1) is 12.2 Å². The Morgan fingerprint density at radius 1 is 1.25 bits per heavy atom. The SMILES string of the molecule is CC(C)CCOCCNc1ccc(Br)cc1C(F)(F)F. The number of nitrogens with one attached hydrogen (secondary N) is 1. The van der Waals surface area contributed by atoms with Gasteiger partial charge in [0.2, 0.25) is 0 Å². The van der Waals surface area contributed by atoms with Gasteiger partial charge in [-0.1, -0.05) is 29.8 Å². The molecule has 0 aromatic heterocycles. The van der Waals surface area contributed by atoms with Crippen molar-refractivity contribution in [3.05, 3.63) is 28.2 Å². The lowest BCUT2D eigenvalue weighted by molar-refractivity contribution is -0.137. The second-order valence-electron chi connectivity index (χ2n) is 4.91. The molecule has 114 valence electrons. The lowest BCUT2D eigenvalue weighted by atomic mass is 10.1. The Hall–Kier alpha value is -0.750. The number of anilines is 1. The van der Waals surface area contributed by atoms with E-state index in [0.29, 0.717) is 30.1 Å². The molecule has 0 aliphatic carbocycles. The van der Waals surface area contributed by atoms with E-state index in [1.54, 1.807) is 6.07 Å². The Bertz CT molecular complexity index is 421. The van der Waals surface area contributed by atoms with Gasteiger partial charge in [-0.15, -0.1) is 0 Å². The molecule has 0 radical (unpaired) electrons. The molecule has 0 atom stereocenters. The van der Waals surface area contributed by atoms with E-state index in [2.05, 4.69) is 35.1 Å². The summed E-state index contributed by atoms with van der Waals surface area (Å²) in [4.78, 5) is 0. The van der Waals surface area contributed by atoms with Crippen LogP contribution < -0.4 is 5.32 Å². The second-order valence-corrected chi connectivity index (χ2v) is 5.83. The fraction of sp³-hybridized carbons (Fsp3) is 0.571. The van der Waals surface area contributed by atoms with Crippen molar-refractivity contribution in [2.75, 3.05) is 25.1 Å². The summed E-state index contributed by atoms with van der Waals surface area (Å²) in [6.45, 7) is 5.56. The van der Waals surface area contributed by atoms with Crippen LogP contribution in [-0.2, 0) is 10.9 Å². The van der Waals surface area contributed by atoms with Gasteiger partial charge in [-0.3, -0.25) is 0 Å². The number of hydrogen-bond donors (Lipinski definition) is 1. The molecule has 0 amide bonds. The fourth-order valence-corrected chi connectivity index (χ4v) is 1.95. The van der Waals surface area contributed by atoms with Gasteiger partial charge in [-0.2, -0.15) is 13.2 Å². The largest absolute Gasteiger partial charge is 0.418 e. The molecule has 0 aliphatic rings. The first-order valence-electron chi connectivity index (χ1n) is 6.49. The normalized spacial score (nSPS) is 11.9. The smallest absolute Gasteiger partial charge is 0.382 e. The maximum atomic E-state index is 12.9. The van der Waals surface area contributed by atoms with Gasteiger partial charge in [0.1, 0.15) is 0 Å². The highest BCUT2D eigenvalue weighted by molar-refractivity contribution is 9.10. The van der Waals surface area contributed by atoms with Crippen molar-refractivity contribution in [2.45, 2.75) is 26.4 Å². The first-order chi connectivity index (χ1) is 9.30. The van der Waals surface area contributed by atoms with Crippen molar-refractivity contribution in [3.8, 4) is 0 Å². The highest BCUT2D eigenvalue weighted by Crippen LogP contribution is 2.36. The van der Waals surface area contributed by atoms with E-state index in [0.717, 1.165) is 12.5 Å². The number of hydrogen-bond acceptors (Lipinski definition) is 2. The molecule has 0 unspecified atom stereocenters. The van der Waals surface area contributed by atoms with Crippen molar-refractivity contribution in [2.24, 2.45) is 5.92 Å². The maximum Gasteiger partial charge on any atom is 0.418 e. The lowest BCUT2D eigenvalue weighted by Crippen LogP contribution is -2.15. The van der Waals surface area contributed by atoms with Crippen LogP contribution in [0.25, 0.3) is 0 Å². The fourth-order valence-electron chi connectivity index (χ4n) is 1.58. The van der Waals surface area contributed by atoms with Crippen LogP contribution >= 0.6 is 15.9 Å². The second kappa shape index (κ2) is 7.88. The molecule has 6 heteroatoms. The minimum absolute atomic E-state index is 0.0770. The maximum absolute atomic E-state index is 12.9. The molecule has 1 aromatic rings. The zero-order valence-corrected chi connectivity index (χ0v) is 13.1. The molecule has 0 saturated heterocycles. The van der Waals surface area contributed by atoms with Crippen LogP contribution in [0.15, 0.2) is 22.7 Å². The number of benzene rings is 1. The lowest BCUT2D eigenvalue weighted by Gasteiger charge is -2.15. The molecule has 2 nitrogen and oxygen atoms in total. The minimum Gasteiger partial charge on any atom is -0.382 e. The first kappa shape index (κ1) is 17.3. The average Bonchev–Trinajstić information content (AvgIpc) is 2.33. The summed E-state index contributed by atoms with van der Waals surface area (Å²) in [5.74, 6) is 0.561. The van der Waals surface area contributed by atoms with Crippen LogP contribution in [-0.4, -0.2) is 19.8 Å². The number of halogens is 4. The number of rotatable bonds is 7. The van der Waals surface area contributed by atoms with Gasteiger partial charge < -0.3 is 10.1 Å². The van der Waals surface area contributed by atoms with Crippen molar-refractivity contribution in [1.82, 2.24) is 0 Å². The molecule has 20 heavy (non-hydrogen) atoms. The minimum atomic E-state index is -4.37. The predicted molar refractivity (Wildman–Crippen MR) is 77.9 cm³/mol. The van der Waals surface area contributed by atoms with Crippen LogP contribution in [0, 0.1) is 5.92 Å². The van der Waals surface area contributed by atoms with E-state index < -0.39 is 11.7 Å². The van der Waals surface area contributed by atoms with Crippen LogP contribution in [0.3, 0.4) is 0 Å². The summed E-state index contributed by atoms with van der Waals surface area (Å²) in [5.41, 5.74) is -0.595. The third-order valence-electron chi connectivity index (χ3n) is 2.69. The summed E-state index contributed by atoms with van der Waals surface area (Å²) in [7, 11) is 0. The summed E-state index contributed by atoms with van der Waals surface area (Å²) >= 11 is 3.05. The molecule has 1 N–H and O–H groups in total. The number of ether oxygens (including phenoxy) is 1. The van der Waals surface area contributed by atoms with Gasteiger partial charge in [-0.05, 0) is 30.5 Å². The molecule has 1 aromatic carbocycles. The Morgan fingerprint density at radius 3 is 2.55 bits per heavy atom. The van der Waals surface area contributed by atoms with Crippen LogP contribution in [0.4, 0.5) is 18.9 Å². The Morgan fingerprint density at radius 2 is 1.95 bits per heavy atom. The first-order valence-corrected chi connectivity index (χ1v) is 7.28. The van der Waals surface area contributed by atoms with Crippen LogP contribution in [0.5, 0.6) is 0 Å². The van der Waals surface area contributed by atoms with Crippen molar-refractivity contribution in [1.29, 1.82) is 0 Å².